The largest absolute Gasteiger partial charge is 0.478 e. The number of carbonyl (C=O) groups is 1. The highest BCUT2D eigenvalue weighted by atomic mass is 32.2. The highest BCUT2D eigenvalue weighted by molar-refractivity contribution is 7.85. The summed E-state index contributed by atoms with van der Waals surface area (Å²) in [5, 5.41) is 18.0. The zero-order valence-corrected chi connectivity index (χ0v) is 22.2. The predicted octanol–water partition coefficient (Wildman–Crippen LogP) is 7.97. The minimum Gasteiger partial charge on any atom is -0.478 e. The lowest BCUT2D eigenvalue weighted by Crippen LogP contribution is -2.00. The van der Waals surface area contributed by atoms with Gasteiger partial charge in [-0.15, -0.1) is 0 Å². The van der Waals surface area contributed by atoms with Gasteiger partial charge in [0.25, 0.3) is 10.1 Å². The second-order valence-corrected chi connectivity index (χ2v) is 10.8. The maximum absolute atomic E-state index is 12.2. The Morgan fingerprint density at radius 3 is 1.71 bits per heavy atom. The zero-order chi connectivity index (χ0) is 28.6. The van der Waals surface area contributed by atoms with Gasteiger partial charge in [-0.2, -0.15) is 8.42 Å². The van der Waals surface area contributed by atoms with Gasteiger partial charge in [0.1, 0.15) is 0 Å². The van der Waals surface area contributed by atoms with Gasteiger partial charge in [-0.3, -0.25) is 4.55 Å². The Hall–Kier alpha value is -5.25. The van der Waals surface area contributed by atoms with Crippen molar-refractivity contribution < 1.29 is 27.3 Å². The summed E-state index contributed by atoms with van der Waals surface area (Å²) >= 11 is 0. The first kappa shape index (κ1) is 26.0. The van der Waals surface area contributed by atoms with Crippen LogP contribution in [0.1, 0.15) is 10.4 Å². The molecule has 0 saturated heterocycles. The van der Waals surface area contributed by atoms with Gasteiger partial charge in [0, 0.05) is 28.3 Å². The SMILES string of the molecule is O=C(O)c1ccccc1-c1c2ccc(Nc3ccccc3)cc2[o+]c2cc(Nc3ccc(S(=O)(=O)O)cc3)ccc12. The smallest absolute Gasteiger partial charge is 0.363 e. The number of hydrogen-bond donors (Lipinski definition) is 4. The minimum atomic E-state index is -4.30. The van der Waals surface area contributed by atoms with E-state index in [9.17, 15) is 22.9 Å². The number of anilines is 4. The number of nitrogens with one attached hydrogen (secondary N) is 2. The maximum Gasteiger partial charge on any atom is 0.363 e. The molecule has 0 unspecified atom stereocenters. The Labute approximate surface area is 235 Å². The second kappa shape index (κ2) is 10.4. The Bertz CT molecular complexity index is 2040. The van der Waals surface area contributed by atoms with E-state index in [0.29, 0.717) is 28.1 Å². The van der Waals surface area contributed by atoms with E-state index in [1.807, 2.05) is 60.7 Å². The summed E-state index contributed by atoms with van der Waals surface area (Å²) in [4.78, 5) is 12.0. The molecule has 0 radical (unpaired) electrons. The van der Waals surface area contributed by atoms with Crippen molar-refractivity contribution in [1.29, 1.82) is 0 Å². The third kappa shape index (κ3) is 5.31. The van der Waals surface area contributed by atoms with E-state index in [0.717, 1.165) is 27.7 Å². The quantitative estimate of drug-likeness (QED) is 0.0875. The predicted molar refractivity (Wildman–Crippen MR) is 160 cm³/mol. The Morgan fingerprint density at radius 2 is 1.15 bits per heavy atom. The second-order valence-electron chi connectivity index (χ2n) is 9.37. The summed E-state index contributed by atoms with van der Waals surface area (Å²) < 4.78 is 38.4. The van der Waals surface area contributed by atoms with Crippen molar-refractivity contribution in [3.05, 3.63) is 121 Å². The van der Waals surface area contributed by atoms with Crippen molar-refractivity contribution in [3.8, 4) is 11.1 Å². The van der Waals surface area contributed by atoms with E-state index in [-0.39, 0.29) is 10.5 Å². The Balaban J connectivity index is 1.50. The van der Waals surface area contributed by atoms with E-state index in [4.69, 9.17) is 4.42 Å². The first-order valence-electron chi connectivity index (χ1n) is 12.6. The molecule has 6 aromatic rings. The van der Waals surface area contributed by atoms with Gasteiger partial charge in [0.05, 0.1) is 33.4 Å². The van der Waals surface area contributed by atoms with E-state index in [2.05, 4.69) is 10.6 Å². The molecule has 0 aliphatic heterocycles. The van der Waals surface area contributed by atoms with Crippen molar-refractivity contribution in [2.24, 2.45) is 0 Å². The van der Waals surface area contributed by atoms with Crippen LogP contribution in [0.4, 0.5) is 22.7 Å². The van der Waals surface area contributed by atoms with Crippen molar-refractivity contribution in [2.45, 2.75) is 4.90 Å². The third-order valence-electron chi connectivity index (χ3n) is 6.65. The number of carboxylic acids is 1. The average Bonchev–Trinajstić information content (AvgIpc) is 2.96. The van der Waals surface area contributed by atoms with E-state index in [1.165, 1.54) is 12.1 Å². The van der Waals surface area contributed by atoms with Gasteiger partial charge in [-0.25, -0.2) is 9.21 Å². The molecular weight excluding hydrogens is 540 g/mol. The fourth-order valence-corrected chi connectivity index (χ4v) is 5.27. The molecule has 202 valence electrons. The molecule has 0 amide bonds. The van der Waals surface area contributed by atoms with Gasteiger partial charge in [-0.05, 0) is 72.3 Å². The first-order chi connectivity index (χ1) is 19.8. The summed E-state index contributed by atoms with van der Waals surface area (Å²) in [5.41, 5.74) is 5.53. The summed E-state index contributed by atoms with van der Waals surface area (Å²) in [5.74, 6) is -1.03. The fraction of sp³-hybridized carbons (Fsp3) is 0. The maximum atomic E-state index is 12.2. The minimum absolute atomic E-state index is 0.175. The third-order valence-corrected chi connectivity index (χ3v) is 7.52. The molecule has 0 bridgehead atoms. The molecule has 8 nitrogen and oxygen atoms in total. The number of benzene rings is 5. The van der Waals surface area contributed by atoms with Crippen LogP contribution in [0.2, 0.25) is 0 Å². The summed E-state index contributed by atoms with van der Waals surface area (Å²) in [6.07, 6.45) is 0. The van der Waals surface area contributed by atoms with Gasteiger partial charge in [0.15, 0.2) is 0 Å². The molecule has 0 spiro atoms. The molecule has 5 aromatic carbocycles. The van der Waals surface area contributed by atoms with Gasteiger partial charge < -0.3 is 15.7 Å². The van der Waals surface area contributed by atoms with E-state index < -0.39 is 16.1 Å². The summed E-state index contributed by atoms with van der Waals surface area (Å²) in [7, 11) is -4.30. The number of para-hydroxylation sites is 1. The average molecular weight is 564 g/mol. The number of rotatable bonds is 7. The zero-order valence-electron chi connectivity index (χ0n) is 21.4. The molecule has 0 atom stereocenters. The lowest BCUT2D eigenvalue weighted by molar-refractivity contribution is 0.0697. The molecule has 0 aliphatic rings. The lowest BCUT2D eigenvalue weighted by atomic mass is 9.93. The van der Waals surface area contributed by atoms with Crippen molar-refractivity contribution >= 4 is 60.8 Å². The summed E-state index contributed by atoms with van der Waals surface area (Å²) in [6, 6.07) is 33.5. The topological polar surface area (TPSA) is 127 Å². The van der Waals surface area contributed by atoms with Crippen LogP contribution in [0.25, 0.3) is 33.1 Å². The number of hydrogen-bond acceptors (Lipinski definition) is 5. The molecule has 6 rings (SSSR count). The summed E-state index contributed by atoms with van der Waals surface area (Å²) in [6.45, 7) is 0. The standard InChI is InChI=1S/C32H22N2O6S/c35-32(36)26-9-5-4-8-25(26)31-27-16-12-22(33-20-6-2-1-3-7-20)18-29(27)40-30-19-23(13-17-28(30)31)34-21-10-14-24(15-11-21)41(37,38)39/h1-19,33-34H,(H-,35,36,37,38,39)/p+1. The van der Waals surface area contributed by atoms with Crippen molar-refractivity contribution in [2.75, 3.05) is 10.6 Å². The first-order valence-corrected chi connectivity index (χ1v) is 14.0. The van der Waals surface area contributed by atoms with Gasteiger partial charge >= 0.3 is 17.1 Å². The molecule has 1 heterocycles. The molecule has 0 fully saturated rings. The van der Waals surface area contributed by atoms with Gasteiger partial charge in [0.2, 0.25) is 0 Å². The van der Waals surface area contributed by atoms with Crippen LogP contribution in [0, 0.1) is 0 Å². The lowest BCUT2D eigenvalue weighted by Gasteiger charge is -2.11. The number of carboxylic acid groups (broad SMARTS) is 1. The van der Waals surface area contributed by atoms with E-state index >= 15 is 0 Å². The van der Waals surface area contributed by atoms with Crippen LogP contribution in [0.5, 0.6) is 0 Å². The normalized spacial score (nSPS) is 11.4. The highest BCUT2D eigenvalue weighted by Gasteiger charge is 2.24. The van der Waals surface area contributed by atoms with Crippen LogP contribution in [0.3, 0.4) is 0 Å². The Kier molecular flexibility index (Phi) is 6.58. The van der Waals surface area contributed by atoms with Crippen LogP contribution in [-0.4, -0.2) is 24.0 Å². The number of aromatic carboxylic acids is 1. The van der Waals surface area contributed by atoms with Crippen LogP contribution >= 0.6 is 0 Å². The molecule has 41 heavy (non-hydrogen) atoms. The van der Waals surface area contributed by atoms with Crippen LogP contribution in [0.15, 0.2) is 125 Å². The molecule has 9 heteroatoms. The monoisotopic (exact) mass is 563 g/mol. The molecular formula is C32H23N2O6S+. The van der Waals surface area contributed by atoms with Crippen LogP contribution in [-0.2, 0) is 10.1 Å². The van der Waals surface area contributed by atoms with Crippen molar-refractivity contribution in [1.82, 2.24) is 0 Å². The van der Waals surface area contributed by atoms with Crippen LogP contribution < -0.4 is 10.6 Å². The van der Waals surface area contributed by atoms with Crippen molar-refractivity contribution in [3.63, 3.8) is 0 Å². The number of fused-ring (bicyclic) bond motifs is 2. The Morgan fingerprint density at radius 1 is 0.634 bits per heavy atom. The highest BCUT2D eigenvalue weighted by Crippen LogP contribution is 2.40. The molecule has 4 N–H and O–H groups in total. The molecule has 1 aromatic heterocycles. The molecule has 0 aliphatic carbocycles. The molecule has 0 saturated carbocycles. The van der Waals surface area contributed by atoms with Gasteiger partial charge in [-0.1, -0.05) is 36.4 Å². The van der Waals surface area contributed by atoms with E-state index in [1.54, 1.807) is 42.5 Å². The fourth-order valence-electron chi connectivity index (χ4n) is 4.79.